The van der Waals surface area contributed by atoms with Gasteiger partial charge in [0.15, 0.2) is 0 Å². The standard InChI is InChI=1S/C67H98N6O11/c1-64(2,3)81-60(77)68(43-29-45-70(62(79)83-66(7,8)9)47-53-31-17-13-18-32-53)41-27-25-39-58(75)72(49-55-35-21-15-22-36-55)51-57(74)52-73(50-56-37-23-16-24-38-56)59(76)40-26-28-42-69(61(78)82-65(4,5)6)44-30-46-71(63(80)84-67(10,11)12)48-54-33-19-14-20-34-54/h13-24,31-38,57,74H,25-30,39-52H2,1-12H3. The van der Waals surface area contributed by atoms with Crippen molar-refractivity contribution in [3.05, 3.63) is 144 Å². The molecule has 0 fully saturated rings. The monoisotopic (exact) mass is 1160 g/mol. The fourth-order valence-corrected chi connectivity index (χ4v) is 9.03. The van der Waals surface area contributed by atoms with Crippen molar-refractivity contribution in [2.24, 2.45) is 0 Å². The predicted octanol–water partition coefficient (Wildman–Crippen LogP) is 12.9. The van der Waals surface area contributed by atoms with Crippen LogP contribution in [0.1, 0.15) is 157 Å². The van der Waals surface area contributed by atoms with Gasteiger partial charge in [0.1, 0.15) is 22.4 Å². The lowest BCUT2D eigenvalue weighted by atomic mass is 10.1. The van der Waals surface area contributed by atoms with Gasteiger partial charge in [0, 0.05) is 91.4 Å². The molecule has 0 atom stereocenters. The highest BCUT2D eigenvalue weighted by molar-refractivity contribution is 5.77. The number of hydrogen-bond acceptors (Lipinski definition) is 11. The molecular formula is C67H98N6O11. The van der Waals surface area contributed by atoms with Gasteiger partial charge in [-0.3, -0.25) is 9.59 Å². The van der Waals surface area contributed by atoms with Crippen LogP contribution in [0.3, 0.4) is 0 Å². The number of benzene rings is 4. The van der Waals surface area contributed by atoms with Gasteiger partial charge < -0.3 is 53.5 Å². The number of amides is 6. The third kappa shape index (κ3) is 28.9. The molecule has 0 aliphatic heterocycles. The summed E-state index contributed by atoms with van der Waals surface area (Å²) < 4.78 is 23.1. The zero-order valence-corrected chi connectivity index (χ0v) is 52.5. The van der Waals surface area contributed by atoms with Gasteiger partial charge in [-0.15, -0.1) is 0 Å². The van der Waals surface area contributed by atoms with Crippen LogP contribution in [0.5, 0.6) is 0 Å². The zero-order valence-electron chi connectivity index (χ0n) is 52.5. The summed E-state index contributed by atoms with van der Waals surface area (Å²) in [4.78, 5) is 92.2. The Morgan fingerprint density at radius 2 is 0.560 bits per heavy atom. The molecule has 0 saturated carbocycles. The van der Waals surface area contributed by atoms with Crippen LogP contribution in [-0.4, -0.2) is 152 Å². The van der Waals surface area contributed by atoms with Crippen LogP contribution in [0.4, 0.5) is 19.2 Å². The first-order valence-electron chi connectivity index (χ1n) is 29.8. The normalized spacial score (nSPS) is 11.8. The zero-order chi connectivity index (χ0) is 61.9. The van der Waals surface area contributed by atoms with E-state index >= 15 is 0 Å². The van der Waals surface area contributed by atoms with Crippen molar-refractivity contribution in [2.45, 2.75) is 189 Å². The lowest BCUT2D eigenvalue weighted by Crippen LogP contribution is -2.44. The fourth-order valence-electron chi connectivity index (χ4n) is 9.03. The Hall–Kier alpha value is -7.14. The summed E-state index contributed by atoms with van der Waals surface area (Å²) in [5, 5.41) is 11.9. The number of hydrogen-bond donors (Lipinski definition) is 1. The van der Waals surface area contributed by atoms with Crippen LogP contribution < -0.4 is 0 Å². The van der Waals surface area contributed by atoms with E-state index in [1.807, 2.05) is 204 Å². The smallest absolute Gasteiger partial charge is 0.410 e. The maximum atomic E-state index is 14.2. The van der Waals surface area contributed by atoms with Crippen LogP contribution in [0.2, 0.25) is 0 Å². The van der Waals surface area contributed by atoms with E-state index in [9.17, 15) is 33.9 Å². The van der Waals surface area contributed by atoms with Crippen molar-refractivity contribution in [2.75, 3.05) is 52.4 Å². The van der Waals surface area contributed by atoms with E-state index in [4.69, 9.17) is 18.9 Å². The van der Waals surface area contributed by atoms with Crippen molar-refractivity contribution in [1.29, 1.82) is 0 Å². The van der Waals surface area contributed by atoms with Gasteiger partial charge in [-0.05, 0) is 144 Å². The summed E-state index contributed by atoms with van der Waals surface area (Å²) in [6.07, 6.45) is 0.121. The second-order valence-corrected chi connectivity index (χ2v) is 25.5. The highest BCUT2D eigenvalue weighted by atomic mass is 16.6. The average Bonchev–Trinajstić information content (AvgIpc) is 3.63. The van der Waals surface area contributed by atoms with E-state index in [0.29, 0.717) is 90.9 Å². The molecular weight excluding hydrogens is 1060 g/mol. The molecule has 0 radical (unpaired) electrons. The molecule has 0 saturated heterocycles. The van der Waals surface area contributed by atoms with Gasteiger partial charge in [-0.25, -0.2) is 19.2 Å². The molecule has 0 spiro atoms. The van der Waals surface area contributed by atoms with Crippen LogP contribution in [0, 0.1) is 0 Å². The minimum atomic E-state index is -1.10. The molecule has 4 aromatic rings. The number of aliphatic hydroxyl groups is 1. The Kier molecular flexibility index (Phi) is 28.1. The highest BCUT2D eigenvalue weighted by Crippen LogP contribution is 2.20. The molecule has 0 aliphatic carbocycles. The fraction of sp³-hybridized carbons (Fsp3) is 0.552. The molecule has 0 bridgehead atoms. The Morgan fingerprint density at radius 3 is 0.821 bits per heavy atom. The average molecular weight is 1160 g/mol. The summed E-state index contributed by atoms with van der Waals surface area (Å²) >= 11 is 0. The first-order valence-corrected chi connectivity index (χ1v) is 29.8. The van der Waals surface area contributed by atoms with Gasteiger partial charge in [0.2, 0.25) is 11.8 Å². The largest absolute Gasteiger partial charge is 0.444 e. The Balaban J connectivity index is 1.41. The lowest BCUT2D eigenvalue weighted by molar-refractivity contribution is -0.135. The van der Waals surface area contributed by atoms with Crippen LogP contribution in [0.25, 0.3) is 0 Å². The number of nitrogens with zero attached hydrogens (tertiary/aromatic N) is 6. The molecule has 17 nitrogen and oxygen atoms in total. The molecule has 0 aliphatic rings. The number of rotatable bonds is 30. The Morgan fingerprint density at radius 1 is 0.333 bits per heavy atom. The van der Waals surface area contributed by atoms with Gasteiger partial charge in [-0.2, -0.15) is 0 Å². The molecule has 17 heteroatoms. The summed E-state index contributed by atoms with van der Waals surface area (Å²) in [6.45, 7) is 24.8. The number of aliphatic hydroxyl groups excluding tert-OH is 1. The Bertz CT molecular complexity index is 2420. The minimum Gasteiger partial charge on any atom is -0.444 e. The van der Waals surface area contributed by atoms with Crippen LogP contribution >= 0.6 is 0 Å². The maximum Gasteiger partial charge on any atom is 0.410 e. The molecule has 0 aromatic heterocycles. The van der Waals surface area contributed by atoms with Gasteiger partial charge in [0.05, 0.1) is 6.10 Å². The van der Waals surface area contributed by atoms with E-state index in [1.54, 1.807) is 29.4 Å². The van der Waals surface area contributed by atoms with Crippen molar-refractivity contribution in [3.8, 4) is 0 Å². The predicted molar refractivity (Wildman–Crippen MR) is 328 cm³/mol. The molecule has 1 N–H and O–H groups in total. The van der Waals surface area contributed by atoms with Crippen molar-refractivity contribution in [1.82, 2.24) is 29.4 Å². The first kappa shape index (κ1) is 69.4. The van der Waals surface area contributed by atoms with E-state index < -0.39 is 52.9 Å². The second-order valence-electron chi connectivity index (χ2n) is 25.5. The molecule has 4 aromatic carbocycles. The number of unbranched alkanes of at least 4 members (excludes halogenated alkanes) is 2. The quantitative estimate of drug-likeness (QED) is 0.0388. The Labute approximate surface area is 501 Å². The van der Waals surface area contributed by atoms with Crippen LogP contribution in [0.15, 0.2) is 121 Å². The summed E-state index contributed by atoms with van der Waals surface area (Å²) in [5.74, 6) is -0.361. The molecule has 84 heavy (non-hydrogen) atoms. The van der Waals surface area contributed by atoms with Crippen molar-refractivity contribution in [3.63, 3.8) is 0 Å². The minimum absolute atomic E-state index is 0.0327. The summed E-state index contributed by atoms with van der Waals surface area (Å²) in [7, 11) is 0. The maximum absolute atomic E-state index is 14.2. The molecule has 0 heterocycles. The van der Waals surface area contributed by atoms with Gasteiger partial charge >= 0.3 is 24.4 Å². The lowest BCUT2D eigenvalue weighted by Gasteiger charge is -2.31. The summed E-state index contributed by atoms with van der Waals surface area (Å²) in [6, 6.07) is 38.4. The third-order valence-electron chi connectivity index (χ3n) is 12.9. The SMILES string of the molecule is CC(C)(C)OC(=O)N(CCCCC(=O)N(Cc1ccccc1)CC(O)CN(Cc1ccccc1)C(=O)CCCCN(CCCN(Cc1ccccc1)C(=O)OC(C)(C)C)C(=O)OC(C)(C)C)CCCN(Cc1ccccc1)C(=O)OC(C)(C)C. The molecule has 462 valence electrons. The van der Waals surface area contributed by atoms with E-state index in [0.717, 1.165) is 22.3 Å². The van der Waals surface area contributed by atoms with Gasteiger partial charge in [-0.1, -0.05) is 121 Å². The number of carbonyl (C=O) groups excluding carboxylic acids is 6. The highest BCUT2D eigenvalue weighted by Gasteiger charge is 2.29. The second kappa shape index (κ2) is 34.0. The summed E-state index contributed by atoms with van der Waals surface area (Å²) in [5.41, 5.74) is 0.799. The van der Waals surface area contributed by atoms with Crippen LogP contribution in [-0.2, 0) is 54.7 Å². The topological polar surface area (TPSA) is 179 Å². The molecule has 6 amide bonds. The van der Waals surface area contributed by atoms with E-state index in [1.165, 1.54) is 0 Å². The molecule has 4 rings (SSSR count). The first-order chi connectivity index (χ1) is 39.5. The van der Waals surface area contributed by atoms with Gasteiger partial charge in [0.25, 0.3) is 0 Å². The van der Waals surface area contributed by atoms with Crippen molar-refractivity contribution >= 4 is 36.2 Å². The van der Waals surface area contributed by atoms with E-state index in [-0.39, 0.29) is 50.8 Å². The molecule has 0 unspecified atom stereocenters. The third-order valence-corrected chi connectivity index (χ3v) is 12.9. The number of carbonyl (C=O) groups is 6. The van der Waals surface area contributed by atoms with Crippen molar-refractivity contribution < 1.29 is 52.8 Å². The van der Waals surface area contributed by atoms with E-state index in [2.05, 4.69) is 0 Å². The number of ether oxygens (including phenoxy) is 4.